The van der Waals surface area contributed by atoms with Crippen molar-refractivity contribution in [3.05, 3.63) is 35.4 Å². The van der Waals surface area contributed by atoms with Gasteiger partial charge in [0.1, 0.15) is 0 Å². The number of halogens is 3. The topological polar surface area (TPSA) is 3.24 Å². The number of nitrogens with zero attached hydrogens (tertiary/aromatic N) is 1. The molecule has 100 valence electrons. The average Bonchev–Trinajstić information content (AvgIpc) is 2.32. The fraction of sp³-hybridized carbons (Fsp3) is 0.571. The molecule has 0 bridgehead atoms. The molecule has 0 spiro atoms. The van der Waals surface area contributed by atoms with Crippen LogP contribution in [0.5, 0.6) is 0 Å². The normalized spacial score (nSPS) is 20.9. The van der Waals surface area contributed by atoms with E-state index in [9.17, 15) is 13.2 Å². The zero-order valence-corrected chi connectivity index (χ0v) is 10.7. The van der Waals surface area contributed by atoms with E-state index in [1.807, 2.05) is 13.1 Å². The lowest BCUT2D eigenvalue weighted by molar-refractivity contribution is -0.137. The number of piperidine rings is 1. The second-order valence-corrected chi connectivity index (χ2v) is 5.44. The highest BCUT2D eigenvalue weighted by molar-refractivity contribution is 5.31. The molecule has 1 aromatic rings. The third kappa shape index (κ3) is 2.69. The lowest BCUT2D eigenvalue weighted by Crippen LogP contribution is -2.38. The van der Waals surface area contributed by atoms with Gasteiger partial charge in [-0.15, -0.1) is 0 Å². The van der Waals surface area contributed by atoms with Crippen molar-refractivity contribution in [2.75, 3.05) is 20.1 Å². The van der Waals surface area contributed by atoms with E-state index >= 15 is 0 Å². The Morgan fingerprint density at radius 1 is 1.17 bits per heavy atom. The summed E-state index contributed by atoms with van der Waals surface area (Å²) in [7, 11) is 2.05. The molecule has 0 aromatic heterocycles. The summed E-state index contributed by atoms with van der Waals surface area (Å²) in [6.07, 6.45) is -2.44. The number of likely N-dealkylation sites (tertiary alicyclic amines) is 1. The van der Waals surface area contributed by atoms with E-state index in [0.29, 0.717) is 0 Å². The number of benzene rings is 1. The van der Waals surface area contributed by atoms with Gasteiger partial charge in [0.2, 0.25) is 0 Å². The van der Waals surface area contributed by atoms with Gasteiger partial charge < -0.3 is 4.90 Å². The van der Waals surface area contributed by atoms with Gasteiger partial charge in [0.25, 0.3) is 0 Å². The van der Waals surface area contributed by atoms with Crippen molar-refractivity contribution in [1.82, 2.24) is 4.90 Å². The largest absolute Gasteiger partial charge is 0.416 e. The van der Waals surface area contributed by atoms with E-state index in [1.165, 1.54) is 12.1 Å². The second-order valence-electron chi connectivity index (χ2n) is 5.44. The van der Waals surface area contributed by atoms with Crippen molar-refractivity contribution in [2.45, 2.75) is 31.4 Å². The molecule has 2 rings (SSSR count). The fourth-order valence-electron chi connectivity index (χ4n) is 2.47. The summed E-state index contributed by atoms with van der Waals surface area (Å²) in [5.41, 5.74) is 0.138. The zero-order valence-electron chi connectivity index (χ0n) is 10.7. The van der Waals surface area contributed by atoms with Crippen molar-refractivity contribution in [3.8, 4) is 0 Å². The Morgan fingerprint density at radius 2 is 1.78 bits per heavy atom. The maximum atomic E-state index is 12.7. The van der Waals surface area contributed by atoms with Gasteiger partial charge in [-0.2, -0.15) is 13.2 Å². The van der Waals surface area contributed by atoms with Crippen LogP contribution >= 0.6 is 0 Å². The van der Waals surface area contributed by atoms with Gasteiger partial charge in [0, 0.05) is 0 Å². The summed E-state index contributed by atoms with van der Waals surface area (Å²) in [4.78, 5) is 2.22. The number of hydrogen-bond acceptors (Lipinski definition) is 1. The molecule has 0 atom stereocenters. The minimum atomic E-state index is -4.25. The molecule has 0 unspecified atom stereocenters. The molecule has 0 radical (unpaired) electrons. The van der Waals surface area contributed by atoms with Gasteiger partial charge in [-0.3, -0.25) is 0 Å². The van der Waals surface area contributed by atoms with E-state index in [1.54, 1.807) is 0 Å². The predicted molar refractivity (Wildman–Crippen MR) is 65.5 cm³/mol. The highest BCUT2D eigenvalue weighted by Gasteiger charge is 2.34. The summed E-state index contributed by atoms with van der Waals surface area (Å²) < 4.78 is 38.1. The third-order valence-electron chi connectivity index (χ3n) is 3.98. The first-order chi connectivity index (χ1) is 8.31. The molecule has 0 aliphatic carbocycles. The van der Waals surface area contributed by atoms with Crippen LogP contribution in [0, 0.1) is 0 Å². The molecule has 1 fully saturated rings. The van der Waals surface area contributed by atoms with Crippen LogP contribution in [0.4, 0.5) is 13.2 Å². The zero-order chi connectivity index (χ0) is 13.4. The Labute approximate surface area is 106 Å². The summed E-state index contributed by atoms with van der Waals surface area (Å²) in [5.74, 6) is 0. The van der Waals surface area contributed by atoms with Gasteiger partial charge in [-0.05, 0) is 50.0 Å². The van der Waals surface area contributed by atoms with Crippen molar-refractivity contribution in [1.29, 1.82) is 0 Å². The molecular formula is C14H18F3N. The fourth-order valence-corrected chi connectivity index (χ4v) is 2.47. The van der Waals surface area contributed by atoms with Crippen molar-refractivity contribution < 1.29 is 13.2 Å². The highest BCUT2D eigenvalue weighted by atomic mass is 19.4. The number of alkyl halides is 3. The highest BCUT2D eigenvalue weighted by Crippen LogP contribution is 2.37. The minimum Gasteiger partial charge on any atom is -0.306 e. The van der Waals surface area contributed by atoms with Crippen LogP contribution in [0.2, 0.25) is 0 Å². The summed E-state index contributed by atoms with van der Waals surface area (Å²) in [6, 6.07) is 5.79. The second kappa shape index (κ2) is 4.57. The molecular weight excluding hydrogens is 239 g/mol. The lowest BCUT2D eigenvalue weighted by Gasteiger charge is -2.38. The van der Waals surface area contributed by atoms with Crippen LogP contribution in [0.1, 0.15) is 30.9 Å². The molecule has 1 aromatic carbocycles. The number of hydrogen-bond donors (Lipinski definition) is 0. The van der Waals surface area contributed by atoms with Crippen LogP contribution in [0.3, 0.4) is 0 Å². The van der Waals surface area contributed by atoms with Crippen LogP contribution in [0.15, 0.2) is 24.3 Å². The lowest BCUT2D eigenvalue weighted by atomic mass is 9.74. The van der Waals surface area contributed by atoms with Gasteiger partial charge in [0.05, 0.1) is 5.56 Å². The van der Waals surface area contributed by atoms with Crippen LogP contribution in [-0.2, 0) is 11.6 Å². The Balaban J connectivity index is 2.28. The number of rotatable bonds is 1. The molecule has 1 heterocycles. The first-order valence-corrected chi connectivity index (χ1v) is 6.18. The average molecular weight is 257 g/mol. The van der Waals surface area contributed by atoms with Crippen LogP contribution in [-0.4, -0.2) is 25.0 Å². The molecule has 18 heavy (non-hydrogen) atoms. The van der Waals surface area contributed by atoms with E-state index < -0.39 is 11.7 Å². The molecule has 1 nitrogen and oxygen atoms in total. The van der Waals surface area contributed by atoms with Crippen LogP contribution in [0.25, 0.3) is 0 Å². The summed E-state index contributed by atoms with van der Waals surface area (Å²) in [5, 5.41) is 0. The van der Waals surface area contributed by atoms with Gasteiger partial charge >= 0.3 is 6.18 Å². The SMILES string of the molecule is CN1CCC(C)(c2cccc(C(F)(F)F)c2)CC1. The molecule has 0 saturated carbocycles. The first kappa shape index (κ1) is 13.4. The summed E-state index contributed by atoms with van der Waals surface area (Å²) in [6.45, 7) is 3.94. The quantitative estimate of drug-likeness (QED) is 0.741. The van der Waals surface area contributed by atoms with E-state index in [-0.39, 0.29) is 5.41 Å². The van der Waals surface area contributed by atoms with Crippen molar-refractivity contribution in [2.24, 2.45) is 0 Å². The van der Waals surface area contributed by atoms with Gasteiger partial charge in [0.15, 0.2) is 0 Å². The molecule has 1 saturated heterocycles. The molecule has 1 aliphatic rings. The van der Waals surface area contributed by atoms with Crippen molar-refractivity contribution >= 4 is 0 Å². The Morgan fingerprint density at radius 3 is 2.33 bits per heavy atom. The smallest absolute Gasteiger partial charge is 0.306 e. The Bertz CT molecular complexity index is 417. The molecule has 0 N–H and O–H groups in total. The molecule has 1 aliphatic heterocycles. The van der Waals surface area contributed by atoms with E-state index in [2.05, 4.69) is 11.8 Å². The van der Waals surface area contributed by atoms with E-state index in [4.69, 9.17) is 0 Å². The summed E-state index contributed by atoms with van der Waals surface area (Å²) >= 11 is 0. The van der Waals surface area contributed by atoms with Gasteiger partial charge in [-0.1, -0.05) is 25.1 Å². The van der Waals surface area contributed by atoms with Crippen LogP contribution < -0.4 is 0 Å². The Hall–Kier alpha value is -1.03. The monoisotopic (exact) mass is 257 g/mol. The third-order valence-corrected chi connectivity index (χ3v) is 3.98. The molecule has 4 heteroatoms. The predicted octanol–water partition coefficient (Wildman–Crippen LogP) is 3.69. The molecule has 0 amide bonds. The maximum absolute atomic E-state index is 12.7. The first-order valence-electron chi connectivity index (χ1n) is 6.18. The minimum absolute atomic E-state index is 0.131. The van der Waals surface area contributed by atoms with Gasteiger partial charge in [-0.25, -0.2) is 0 Å². The Kier molecular flexibility index (Phi) is 3.41. The van der Waals surface area contributed by atoms with E-state index in [0.717, 1.165) is 37.6 Å². The maximum Gasteiger partial charge on any atom is 0.416 e. The van der Waals surface area contributed by atoms with Crippen molar-refractivity contribution in [3.63, 3.8) is 0 Å². The standard InChI is InChI=1S/C14H18F3N/c1-13(6-8-18(2)9-7-13)11-4-3-5-12(10-11)14(15,16)17/h3-5,10H,6-9H2,1-2H3.